The highest BCUT2D eigenvalue weighted by Crippen LogP contribution is 2.33. The zero-order valence-electron chi connectivity index (χ0n) is 8.99. The second-order valence-corrected chi connectivity index (χ2v) is 5.43. The summed E-state index contributed by atoms with van der Waals surface area (Å²) in [6.45, 7) is 1.22. The lowest BCUT2D eigenvalue weighted by atomic mass is 10.2. The van der Waals surface area contributed by atoms with Crippen LogP contribution >= 0.6 is 15.9 Å². The molecule has 3 rings (SSSR count). The van der Waals surface area contributed by atoms with Crippen LogP contribution in [0.4, 0.5) is 0 Å². The average molecular weight is 280 g/mol. The summed E-state index contributed by atoms with van der Waals surface area (Å²) in [7, 11) is 0. The van der Waals surface area contributed by atoms with Gasteiger partial charge in [-0.25, -0.2) is 0 Å². The number of nitrogens with zero attached hydrogens (tertiary/aromatic N) is 1. The van der Waals surface area contributed by atoms with E-state index in [2.05, 4.69) is 38.8 Å². The third-order valence-electron chi connectivity index (χ3n) is 3.23. The Labute approximate surface area is 103 Å². The van der Waals surface area contributed by atoms with E-state index < -0.39 is 0 Å². The van der Waals surface area contributed by atoms with Gasteiger partial charge in [0.05, 0.1) is 6.61 Å². The molecule has 1 saturated carbocycles. The molecule has 1 aromatic heterocycles. The molecule has 1 aliphatic carbocycles. The van der Waals surface area contributed by atoms with Gasteiger partial charge >= 0.3 is 0 Å². The van der Waals surface area contributed by atoms with Crippen molar-refractivity contribution in [2.24, 2.45) is 5.92 Å². The molecule has 1 fully saturated rings. The van der Waals surface area contributed by atoms with Crippen molar-refractivity contribution in [2.75, 3.05) is 0 Å². The SMILES string of the molecule is OCc1cc(Br)c2ccn(CC3CC3)c2c1. The fourth-order valence-corrected chi connectivity index (χ4v) is 2.76. The van der Waals surface area contributed by atoms with Crippen LogP contribution in [0.15, 0.2) is 28.9 Å². The molecule has 0 aliphatic heterocycles. The van der Waals surface area contributed by atoms with E-state index in [4.69, 9.17) is 0 Å². The predicted molar refractivity (Wildman–Crippen MR) is 68.3 cm³/mol. The van der Waals surface area contributed by atoms with Gasteiger partial charge in [0.1, 0.15) is 0 Å². The Morgan fingerprint density at radius 3 is 2.88 bits per heavy atom. The van der Waals surface area contributed by atoms with Crippen LogP contribution in [0, 0.1) is 5.92 Å². The molecule has 2 aromatic rings. The Morgan fingerprint density at radius 2 is 2.19 bits per heavy atom. The van der Waals surface area contributed by atoms with E-state index in [1.54, 1.807) is 0 Å². The molecule has 0 radical (unpaired) electrons. The fourth-order valence-electron chi connectivity index (χ4n) is 2.13. The second-order valence-electron chi connectivity index (χ2n) is 4.58. The summed E-state index contributed by atoms with van der Waals surface area (Å²) in [5, 5.41) is 10.4. The molecule has 1 aromatic carbocycles. The van der Waals surface area contributed by atoms with Gasteiger partial charge in [0.15, 0.2) is 0 Å². The van der Waals surface area contributed by atoms with E-state index in [1.165, 1.54) is 23.7 Å². The molecule has 0 saturated heterocycles. The summed E-state index contributed by atoms with van der Waals surface area (Å²) in [5.74, 6) is 0.868. The monoisotopic (exact) mass is 279 g/mol. The maximum absolute atomic E-state index is 9.21. The summed E-state index contributed by atoms with van der Waals surface area (Å²) < 4.78 is 3.38. The van der Waals surface area contributed by atoms with Crippen molar-refractivity contribution in [1.29, 1.82) is 0 Å². The van der Waals surface area contributed by atoms with Gasteiger partial charge in [0, 0.05) is 28.1 Å². The van der Waals surface area contributed by atoms with Gasteiger partial charge in [-0.2, -0.15) is 0 Å². The van der Waals surface area contributed by atoms with Gasteiger partial charge in [-0.1, -0.05) is 15.9 Å². The maximum Gasteiger partial charge on any atom is 0.0683 e. The smallest absolute Gasteiger partial charge is 0.0683 e. The van der Waals surface area contributed by atoms with E-state index in [0.29, 0.717) is 0 Å². The molecular weight excluding hydrogens is 266 g/mol. The van der Waals surface area contributed by atoms with Crippen molar-refractivity contribution in [3.05, 3.63) is 34.4 Å². The molecule has 16 heavy (non-hydrogen) atoms. The van der Waals surface area contributed by atoms with Gasteiger partial charge in [0.25, 0.3) is 0 Å². The van der Waals surface area contributed by atoms with E-state index >= 15 is 0 Å². The topological polar surface area (TPSA) is 25.2 Å². The highest BCUT2D eigenvalue weighted by atomic mass is 79.9. The third kappa shape index (κ3) is 1.78. The van der Waals surface area contributed by atoms with Crippen LogP contribution in [0.2, 0.25) is 0 Å². The lowest BCUT2D eigenvalue weighted by Gasteiger charge is -2.06. The minimum absolute atomic E-state index is 0.100. The molecule has 3 heteroatoms. The van der Waals surface area contributed by atoms with Gasteiger partial charge in [-0.3, -0.25) is 0 Å². The molecule has 0 atom stereocenters. The Balaban J connectivity index is 2.11. The first kappa shape index (κ1) is 10.4. The molecule has 84 valence electrons. The van der Waals surface area contributed by atoms with Crippen molar-refractivity contribution in [3.63, 3.8) is 0 Å². The Bertz CT molecular complexity index is 528. The number of aromatic nitrogens is 1. The number of aliphatic hydroxyl groups excluding tert-OH is 1. The summed E-state index contributed by atoms with van der Waals surface area (Å²) in [4.78, 5) is 0. The highest BCUT2D eigenvalue weighted by molar-refractivity contribution is 9.10. The molecule has 1 N–H and O–H groups in total. The minimum atomic E-state index is 0.100. The van der Waals surface area contributed by atoms with Gasteiger partial charge in [-0.05, 0) is 42.5 Å². The fraction of sp³-hybridized carbons (Fsp3) is 0.385. The molecule has 1 aliphatic rings. The summed E-state index contributed by atoms with van der Waals surface area (Å²) in [6, 6.07) is 6.22. The molecule has 1 heterocycles. The number of fused-ring (bicyclic) bond motifs is 1. The van der Waals surface area contributed by atoms with E-state index in [1.807, 2.05) is 6.07 Å². The number of halogens is 1. The quantitative estimate of drug-likeness (QED) is 0.916. The highest BCUT2D eigenvalue weighted by Gasteiger charge is 2.22. The first-order valence-electron chi connectivity index (χ1n) is 5.66. The second kappa shape index (κ2) is 3.90. The van der Waals surface area contributed by atoms with Crippen molar-refractivity contribution in [1.82, 2.24) is 4.57 Å². The van der Waals surface area contributed by atoms with Crippen LogP contribution in [-0.4, -0.2) is 9.67 Å². The molecule has 0 amide bonds. The zero-order valence-corrected chi connectivity index (χ0v) is 10.6. The van der Waals surface area contributed by atoms with Gasteiger partial charge < -0.3 is 9.67 Å². The number of hydrogen-bond donors (Lipinski definition) is 1. The lowest BCUT2D eigenvalue weighted by molar-refractivity contribution is 0.282. The summed E-state index contributed by atoms with van der Waals surface area (Å²) in [6.07, 6.45) is 4.87. The summed E-state index contributed by atoms with van der Waals surface area (Å²) >= 11 is 3.56. The third-order valence-corrected chi connectivity index (χ3v) is 3.89. The molecule has 0 bridgehead atoms. The molecule has 0 unspecified atom stereocenters. The Hall–Kier alpha value is -0.800. The number of rotatable bonds is 3. The molecular formula is C13H14BrNO. The van der Waals surface area contributed by atoms with Gasteiger partial charge in [0.2, 0.25) is 0 Å². The number of hydrogen-bond acceptors (Lipinski definition) is 1. The van der Waals surface area contributed by atoms with Crippen molar-refractivity contribution < 1.29 is 5.11 Å². The van der Waals surface area contributed by atoms with Crippen LogP contribution < -0.4 is 0 Å². The van der Waals surface area contributed by atoms with Crippen LogP contribution in [0.1, 0.15) is 18.4 Å². The van der Waals surface area contributed by atoms with E-state index in [-0.39, 0.29) is 6.61 Å². The standard InChI is InChI=1S/C13H14BrNO/c14-12-5-10(8-16)6-13-11(12)3-4-15(13)7-9-1-2-9/h3-6,9,16H,1-2,7-8H2. The maximum atomic E-state index is 9.21. The summed E-state index contributed by atoms with van der Waals surface area (Å²) in [5.41, 5.74) is 2.19. The van der Waals surface area contributed by atoms with E-state index in [9.17, 15) is 5.11 Å². The van der Waals surface area contributed by atoms with Crippen molar-refractivity contribution >= 4 is 26.8 Å². The van der Waals surface area contributed by atoms with Crippen molar-refractivity contribution in [3.8, 4) is 0 Å². The lowest BCUT2D eigenvalue weighted by Crippen LogP contribution is -1.98. The number of benzene rings is 1. The van der Waals surface area contributed by atoms with Crippen molar-refractivity contribution in [2.45, 2.75) is 26.0 Å². The average Bonchev–Trinajstić information content (AvgIpc) is 3.00. The van der Waals surface area contributed by atoms with Crippen LogP contribution in [0.25, 0.3) is 10.9 Å². The van der Waals surface area contributed by atoms with Crippen LogP contribution in [-0.2, 0) is 13.2 Å². The first-order chi connectivity index (χ1) is 7.78. The minimum Gasteiger partial charge on any atom is -0.392 e. The molecule has 2 nitrogen and oxygen atoms in total. The number of aliphatic hydroxyl groups is 1. The van der Waals surface area contributed by atoms with Crippen LogP contribution in [0.5, 0.6) is 0 Å². The molecule has 0 spiro atoms. The predicted octanol–water partition coefficient (Wildman–Crippen LogP) is 3.31. The van der Waals surface area contributed by atoms with E-state index in [0.717, 1.165) is 22.5 Å². The Kier molecular flexibility index (Phi) is 2.52. The van der Waals surface area contributed by atoms with Crippen LogP contribution in [0.3, 0.4) is 0 Å². The normalized spacial score (nSPS) is 15.9. The van der Waals surface area contributed by atoms with Gasteiger partial charge in [-0.15, -0.1) is 0 Å². The largest absolute Gasteiger partial charge is 0.392 e. The first-order valence-corrected chi connectivity index (χ1v) is 6.45. The Morgan fingerprint density at radius 1 is 1.38 bits per heavy atom. The zero-order chi connectivity index (χ0) is 11.1.